The molecule has 0 radical (unpaired) electrons. The van der Waals surface area contributed by atoms with Crippen molar-refractivity contribution in [2.45, 2.75) is 13.1 Å². The van der Waals surface area contributed by atoms with Crippen molar-refractivity contribution in [3.63, 3.8) is 0 Å². The molecule has 0 aliphatic heterocycles. The van der Waals surface area contributed by atoms with E-state index in [2.05, 4.69) is 9.97 Å². The standard InChI is InChI=1S/C21H13F2N3O5/c22-11-16-14-6-5-13(30-21-24-7-2-8-25-21)10-18(14)31-20(27)15(16)9-12-3-1-4-17(19(12)23)26(28)29/h1-8,10H,9,11H2. The molecule has 0 atom stereocenters. The van der Waals surface area contributed by atoms with Crippen molar-refractivity contribution in [3.05, 3.63) is 97.9 Å². The third kappa shape index (κ3) is 3.95. The summed E-state index contributed by atoms with van der Waals surface area (Å²) in [4.78, 5) is 30.5. The summed E-state index contributed by atoms with van der Waals surface area (Å²) in [6.07, 6.45) is 2.62. The van der Waals surface area contributed by atoms with E-state index >= 15 is 0 Å². The number of nitro groups is 1. The fourth-order valence-corrected chi connectivity index (χ4v) is 3.16. The highest BCUT2D eigenvalue weighted by Crippen LogP contribution is 2.29. The minimum atomic E-state index is -1.08. The maximum atomic E-state index is 14.5. The fourth-order valence-electron chi connectivity index (χ4n) is 3.16. The third-order valence-electron chi connectivity index (χ3n) is 4.60. The summed E-state index contributed by atoms with van der Waals surface area (Å²) in [6.45, 7) is -1.02. The summed E-state index contributed by atoms with van der Waals surface area (Å²) in [5.74, 6) is -0.812. The lowest BCUT2D eigenvalue weighted by Crippen LogP contribution is -2.13. The van der Waals surface area contributed by atoms with Gasteiger partial charge in [0.25, 0.3) is 0 Å². The molecule has 0 spiro atoms. The average molecular weight is 425 g/mol. The lowest BCUT2D eigenvalue weighted by molar-refractivity contribution is -0.387. The number of rotatable bonds is 6. The van der Waals surface area contributed by atoms with Gasteiger partial charge in [-0.1, -0.05) is 12.1 Å². The molecule has 0 N–H and O–H groups in total. The van der Waals surface area contributed by atoms with E-state index in [1.807, 2.05) is 0 Å². The normalized spacial score (nSPS) is 10.9. The number of fused-ring (bicyclic) bond motifs is 1. The molecular weight excluding hydrogens is 412 g/mol. The maximum Gasteiger partial charge on any atom is 0.340 e. The van der Waals surface area contributed by atoms with Crippen LogP contribution in [0.4, 0.5) is 14.5 Å². The molecule has 0 bridgehead atoms. The first-order valence-corrected chi connectivity index (χ1v) is 8.99. The molecule has 0 amide bonds. The predicted molar refractivity (Wildman–Crippen MR) is 105 cm³/mol. The van der Waals surface area contributed by atoms with Crippen LogP contribution >= 0.6 is 0 Å². The van der Waals surface area contributed by atoms with Crippen molar-refractivity contribution in [2.75, 3.05) is 0 Å². The summed E-state index contributed by atoms with van der Waals surface area (Å²) >= 11 is 0. The molecule has 0 saturated carbocycles. The molecule has 8 nitrogen and oxygen atoms in total. The van der Waals surface area contributed by atoms with Crippen LogP contribution in [-0.2, 0) is 13.1 Å². The Morgan fingerprint density at radius 2 is 1.87 bits per heavy atom. The molecule has 156 valence electrons. The Balaban J connectivity index is 1.76. The zero-order valence-electron chi connectivity index (χ0n) is 15.7. The summed E-state index contributed by atoms with van der Waals surface area (Å²) < 4.78 is 39.2. The number of hydrogen-bond acceptors (Lipinski definition) is 7. The molecule has 0 unspecified atom stereocenters. The van der Waals surface area contributed by atoms with E-state index in [1.54, 1.807) is 6.07 Å². The molecule has 4 rings (SSSR count). The molecule has 2 aromatic heterocycles. The van der Waals surface area contributed by atoms with Crippen LogP contribution in [0.25, 0.3) is 11.0 Å². The Hall–Kier alpha value is -4.21. The lowest BCUT2D eigenvalue weighted by Gasteiger charge is -2.11. The number of nitrogens with zero attached hydrogens (tertiary/aromatic N) is 3. The van der Waals surface area contributed by atoms with E-state index in [0.29, 0.717) is 5.39 Å². The van der Waals surface area contributed by atoms with Crippen LogP contribution in [0.1, 0.15) is 16.7 Å². The number of alkyl halides is 1. The Morgan fingerprint density at radius 3 is 2.58 bits per heavy atom. The largest absolute Gasteiger partial charge is 0.424 e. The molecule has 2 aromatic carbocycles. The van der Waals surface area contributed by atoms with Gasteiger partial charge in [0.15, 0.2) is 0 Å². The zero-order chi connectivity index (χ0) is 22.0. The van der Waals surface area contributed by atoms with E-state index in [-0.39, 0.29) is 40.5 Å². The monoisotopic (exact) mass is 425 g/mol. The SMILES string of the molecule is O=c1oc2cc(Oc3ncccn3)ccc2c(CF)c1Cc1cccc([N+](=O)[O-])c1F. The summed E-state index contributed by atoms with van der Waals surface area (Å²) in [7, 11) is 0. The van der Waals surface area contributed by atoms with Gasteiger partial charge in [-0.3, -0.25) is 10.1 Å². The van der Waals surface area contributed by atoms with Gasteiger partial charge in [-0.2, -0.15) is 4.39 Å². The highest BCUT2D eigenvalue weighted by Gasteiger charge is 2.21. The van der Waals surface area contributed by atoms with Crippen LogP contribution in [-0.4, -0.2) is 14.9 Å². The van der Waals surface area contributed by atoms with Crippen molar-refractivity contribution in [1.82, 2.24) is 9.97 Å². The number of benzene rings is 2. The van der Waals surface area contributed by atoms with E-state index in [0.717, 1.165) is 6.07 Å². The predicted octanol–water partition coefficient (Wildman–Crippen LogP) is 4.48. The van der Waals surface area contributed by atoms with Crippen LogP contribution in [0.15, 0.2) is 64.1 Å². The maximum absolute atomic E-state index is 14.5. The van der Waals surface area contributed by atoms with Crippen LogP contribution in [0.3, 0.4) is 0 Å². The highest BCUT2D eigenvalue weighted by atomic mass is 19.1. The summed E-state index contributed by atoms with van der Waals surface area (Å²) in [6, 6.07) is 9.71. The first-order valence-electron chi connectivity index (χ1n) is 8.99. The van der Waals surface area contributed by atoms with Gasteiger partial charge in [-0.15, -0.1) is 0 Å². The number of halogens is 2. The van der Waals surface area contributed by atoms with E-state index in [4.69, 9.17) is 9.15 Å². The third-order valence-corrected chi connectivity index (χ3v) is 4.60. The molecule has 0 aliphatic carbocycles. The molecule has 0 saturated heterocycles. The molecular formula is C21H13F2N3O5. The number of nitro benzene ring substituents is 1. The molecule has 10 heteroatoms. The van der Waals surface area contributed by atoms with E-state index < -0.39 is 28.7 Å². The van der Waals surface area contributed by atoms with Gasteiger partial charge >= 0.3 is 17.3 Å². The van der Waals surface area contributed by atoms with Crippen molar-refractivity contribution in [1.29, 1.82) is 0 Å². The second kappa shape index (κ2) is 8.27. The number of ether oxygens (including phenoxy) is 1. The Bertz CT molecular complexity index is 1340. The first kappa shape index (κ1) is 20.1. The van der Waals surface area contributed by atoms with Crippen molar-refractivity contribution in [3.8, 4) is 11.8 Å². The van der Waals surface area contributed by atoms with Crippen molar-refractivity contribution < 1.29 is 22.9 Å². The molecule has 31 heavy (non-hydrogen) atoms. The van der Waals surface area contributed by atoms with Crippen molar-refractivity contribution >= 4 is 16.7 Å². The van der Waals surface area contributed by atoms with Crippen molar-refractivity contribution in [2.24, 2.45) is 0 Å². The summed E-state index contributed by atoms with van der Waals surface area (Å²) in [5.41, 5.74) is -1.76. The van der Waals surface area contributed by atoms with Crippen LogP contribution in [0.5, 0.6) is 11.8 Å². The number of aromatic nitrogens is 2. The lowest BCUT2D eigenvalue weighted by atomic mass is 9.98. The second-order valence-electron chi connectivity index (χ2n) is 6.46. The van der Waals surface area contributed by atoms with Crippen LogP contribution < -0.4 is 10.4 Å². The van der Waals surface area contributed by atoms with Gasteiger partial charge in [-0.25, -0.2) is 19.2 Å². The minimum Gasteiger partial charge on any atom is -0.424 e. The van der Waals surface area contributed by atoms with Gasteiger partial charge in [0.1, 0.15) is 18.0 Å². The summed E-state index contributed by atoms with van der Waals surface area (Å²) in [5, 5.41) is 11.3. The first-order chi connectivity index (χ1) is 15.0. The van der Waals surface area contributed by atoms with Crippen LogP contribution in [0.2, 0.25) is 0 Å². The molecule has 0 aliphatic rings. The Kier molecular flexibility index (Phi) is 5.35. The topological polar surface area (TPSA) is 108 Å². The molecule has 4 aromatic rings. The minimum absolute atomic E-state index is 0.0136. The smallest absolute Gasteiger partial charge is 0.340 e. The van der Waals surface area contributed by atoms with Gasteiger partial charge in [0.05, 0.1) is 4.92 Å². The Labute approximate surface area is 172 Å². The Morgan fingerprint density at radius 1 is 1.10 bits per heavy atom. The van der Waals surface area contributed by atoms with E-state index in [9.17, 15) is 23.7 Å². The fraction of sp³-hybridized carbons (Fsp3) is 0.0952. The second-order valence-corrected chi connectivity index (χ2v) is 6.46. The molecule has 2 heterocycles. The number of hydrogen-bond donors (Lipinski definition) is 0. The van der Waals surface area contributed by atoms with Gasteiger partial charge in [0, 0.05) is 47.5 Å². The highest BCUT2D eigenvalue weighted by molar-refractivity contribution is 5.82. The van der Waals surface area contributed by atoms with E-state index in [1.165, 1.54) is 42.7 Å². The molecule has 0 fully saturated rings. The van der Waals surface area contributed by atoms with Gasteiger partial charge in [-0.05, 0) is 23.8 Å². The van der Waals surface area contributed by atoms with Crippen LogP contribution in [0, 0.1) is 15.9 Å². The van der Waals surface area contributed by atoms with Gasteiger partial charge in [0.2, 0.25) is 5.82 Å². The zero-order valence-corrected chi connectivity index (χ0v) is 15.7. The van der Waals surface area contributed by atoms with Gasteiger partial charge < -0.3 is 9.15 Å². The average Bonchev–Trinajstić information content (AvgIpc) is 2.76. The quantitative estimate of drug-likeness (QED) is 0.254.